The summed E-state index contributed by atoms with van der Waals surface area (Å²) in [6, 6.07) is 5.49. The zero-order valence-electron chi connectivity index (χ0n) is 10.0. The second kappa shape index (κ2) is 6.89. The number of rotatable bonds is 5. The molecule has 0 aromatic heterocycles. The van der Waals surface area contributed by atoms with Crippen LogP contribution in [-0.2, 0) is 11.3 Å². The van der Waals surface area contributed by atoms with Gasteiger partial charge in [0.1, 0.15) is 12.4 Å². The lowest BCUT2D eigenvalue weighted by Crippen LogP contribution is -2.15. The van der Waals surface area contributed by atoms with E-state index in [1.54, 1.807) is 12.1 Å². The van der Waals surface area contributed by atoms with Crippen LogP contribution >= 0.6 is 15.9 Å². The summed E-state index contributed by atoms with van der Waals surface area (Å²) in [6.07, 6.45) is 2.53. The van der Waals surface area contributed by atoms with Crippen molar-refractivity contribution >= 4 is 15.9 Å². The third kappa shape index (κ3) is 4.77. The molecule has 0 unspecified atom stereocenters. The summed E-state index contributed by atoms with van der Waals surface area (Å²) in [5.41, 5.74) is 0.544. The Bertz CT molecular complexity index is 463. The average molecular weight is 312 g/mol. The van der Waals surface area contributed by atoms with Gasteiger partial charge in [0.2, 0.25) is 0 Å². The van der Waals surface area contributed by atoms with Crippen molar-refractivity contribution in [2.45, 2.75) is 25.5 Å². The van der Waals surface area contributed by atoms with Crippen molar-refractivity contribution in [3.63, 3.8) is 0 Å². The summed E-state index contributed by atoms with van der Waals surface area (Å²) in [6.45, 7) is 1.29. The van der Waals surface area contributed by atoms with E-state index >= 15 is 0 Å². The minimum Gasteiger partial charge on any atom is -0.364 e. The van der Waals surface area contributed by atoms with Gasteiger partial charge in [-0.15, -0.1) is 0 Å². The lowest BCUT2D eigenvalue weighted by atomic mass is 10.2. The molecule has 1 aliphatic carbocycles. The van der Waals surface area contributed by atoms with Crippen molar-refractivity contribution in [3.8, 4) is 11.8 Å². The molecule has 0 heterocycles. The maximum Gasteiger partial charge on any atom is 0.128 e. The van der Waals surface area contributed by atoms with E-state index in [-0.39, 0.29) is 12.4 Å². The SMILES string of the molecule is Fc1ccc(Br)cc1COCC#CCNC1CC1. The number of halogens is 2. The normalized spacial score (nSPS) is 14.1. The van der Waals surface area contributed by atoms with Gasteiger partial charge in [-0.2, -0.15) is 0 Å². The second-order valence-corrected chi connectivity index (χ2v) is 5.15. The van der Waals surface area contributed by atoms with Crippen molar-refractivity contribution in [2.75, 3.05) is 13.2 Å². The highest BCUT2D eigenvalue weighted by Crippen LogP contribution is 2.18. The first-order valence-corrected chi connectivity index (χ1v) is 6.76. The molecule has 2 nitrogen and oxygen atoms in total. The van der Waals surface area contributed by atoms with Gasteiger partial charge in [-0.3, -0.25) is 0 Å². The van der Waals surface area contributed by atoms with Crippen LogP contribution in [0.2, 0.25) is 0 Å². The van der Waals surface area contributed by atoms with Crippen molar-refractivity contribution in [3.05, 3.63) is 34.1 Å². The van der Waals surface area contributed by atoms with Gasteiger partial charge in [0.25, 0.3) is 0 Å². The van der Waals surface area contributed by atoms with Crippen molar-refractivity contribution in [2.24, 2.45) is 0 Å². The van der Waals surface area contributed by atoms with Crippen LogP contribution < -0.4 is 5.32 Å². The van der Waals surface area contributed by atoms with Crippen LogP contribution in [0.3, 0.4) is 0 Å². The molecule has 1 aromatic rings. The Morgan fingerprint density at radius 3 is 3.00 bits per heavy atom. The topological polar surface area (TPSA) is 21.3 Å². The van der Waals surface area contributed by atoms with Gasteiger partial charge in [-0.25, -0.2) is 4.39 Å². The highest BCUT2D eigenvalue weighted by molar-refractivity contribution is 9.10. The molecule has 0 radical (unpaired) electrons. The smallest absolute Gasteiger partial charge is 0.128 e. The molecule has 1 saturated carbocycles. The van der Waals surface area contributed by atoms with E-state index in [0.29, 0.717) is 24.8 Å². The lowest BCUT2D eigenvalue weighted by molar-refractivity contribution is 0.150. The Morgan fingerprint density at radius 1 is 1.39 bits per heavy atom. The average Bonchev–Trinajstić information content (AvgIpc) is 3.16. The molecule has 0 spiro atoms. The number of hydrogen-bond acceptors (Lipinski definition) is 2. The van der Waals surface area contributed by atoms with E-state index in [1.807, 2.05) is 0 Å². The Kier molecular flexibility index (Phi) is 5.18. The van der Waals surface area contributed by atoms with Crippen LogP contribution in [0.1, 0.15) is 18.4 Å². The largest absolute Gasteiger partial charge is 0.364 e. The van der Waals surface area contributed by atoms with Crippen molar-refractivity contribution in [1.29, 1.82) is 0 Å². The Morgan fingerprint density at radius 2 is 2.22 bits per heavy atom. The molecule has 0 saturated heterocycles. The van der Waals surface area contributed by atoms with Crippen molar-refractivity contribution in [1.82, 2.24) is 5.32 Å². The first kappa shape index (κ1) is 13.5. The number of nitrogens with one attached hydrogen (secondary N) is 1. The fraction of sp³-hybridized carbons (Fsp3) is 0.429. The molecule has 96 valence electrons. The molecule has 1 fully saturated rings. The van der Waals surface area contributed by atoms with E-state index < -0.39 is 0 Å². The third-order valence-corrected chi connectivity index (χ3v) is 3.11. The van der Waals surface area contributed by atoms with Crippen LogP contribution in [-0.4, -0.2) is 19.2 Å². The van der Waals surface area contributed by atoms with Gasteiger partial charge in [-0.1, -0.05) is 27.8 Å². The molecule has 18 heavy (non-hydrogen) atoms. The number of ether oxygens (including phenoxy) is 1. The van der Waals surface area contributed by atoms with Crippen LogP contribution in [0.4, 0.5) is 4.39 Å². The molecule has 0 atom stereocenters. The quantitative estimate of drug-likeness (QED) is 0.667. The molecular formula is C14H15BrFNO. The zero-order valence-corrected chi connectivity index (χ0v) is 11.6. The molecule has 1 N–H and O–H groups in total. The van der Waals surface area contributed by atoms with Crippen LogP contribution in [0, 0.1) is 17.7 Å². The standard InChI is InChI=1S/C14H15BrFNO/c15-12-3-6-14(16)11(9-12)10-18-8-2-1-7-17-13-4-5-13/h3,6,9,13,17H,4-5,7-8,10H2. The monoisotopic (exact) mass is 311 g/mol. The van der Waals surface area contributed by atoms with Gasteiger partial charge < -0.3 is 10.1 Å². The summed E-state index contributed by atoms with van der Waals surface area (Å²) in [5, 5.41) is 3.29. The second-order valence-electron chi connectivity index (χ2n) is 4.24. The Hall–Kier alpha value is -0.890. The Balaban J connectivity index is 1.66. The van der Waals surface area contributed by atoms with E-state index in [2.05, 4.69) is 33.1 Å². The first-order chi connectivity index (χ1) is 8.75. The zero-order chi connectivity index (χ0) is 12.8. The highest BCUT2D eigenvalue weighted by atomic mass is 79.9. The van der Waals surface area contributed by atoms with Gasteiger partial charge >= 0.3 is 0 Å². The predicted octanol–water partition coefficient (Wildman–Crippen LogP) is 2.86. The fourth-order valence-corrected chi connectivity index (χ4v) is 1.87. The summed E-state index contributed by atoms with van der Waals surface area (Å²) in [7, 11) is 0. The van der Waals surface area contributed by atoms with E-state index in [1.165, 1.54) is 18.9 Å². The van der Waals surface area contributed by atoms with Gasteiger partial charge in [0, 0.05) is 16.1 Å². The van der Waals surface area contributed by atoms with Crippen molar-refractivity contribution < 1.29 is 9.13 Å². The van der Waals surface area contributed by atoms with Gasteiger partial charge in [-0.05, 0) is 31.0 Å². The molecule has 1 aromatic carbocycles. The highest BCUT2D eigenvalue weighted by Gasteiger charge is 2.18. The summed E-state index contributed by atoms with van der Waals surface area (Å²) < 4.78 is 19.5. The van der Waals surface area contributed by atoms with Gasteiger partial charge in [0.15, 0.2) is 0 Å². The maximum absolute atomic E-state index is 13.3. The van der Waals surface area contributed by atoms with Crippen LogP contribution in [0.25, 0.3) is 0 Å². The fourth-order valence-electron chi connectivity index (χ4n) is 1.46. The van der Waals surface area contributed by atoms with E-state index in [9.17, 15) is 4.39 Å². The maximum atomic E-state index is 13.3. The summed E-state index contributed by atoms with van der Waals surface area (Å²) >= 11 is 3.30. The lowest BCUT2D eigenvalue weighted by Gasteiger charge is -2.03. The molecule has 0 aliphatic heterocycles. The van der Waals surface area contributed by atoms with E-state index in [4.69, 9.17) is 4.74 Å². The first-order valence-electron chi connectivity index (χ1n) is 5.96. The molecule has 4 heteroatoms. The summed E-state index contributed by atoms with van der Waals surface area (Å²) in [5.74, 6) is 5.64. The van der Waals surface area contributed by atoms with Crippen LogP contribution in [0.5, 0.6) is 0 Å². The van der Waals surface area contributed by atoms with Crippen LogP contribution in [0.15, 0.2) is 22.7 Å². The third-order valence-electron chi connectivity index (χ3n) is 2.62. The Labute approximate surface area is 115 Å². The minimum absolute atomic E-state index is 0.246. The van der Waals surface area contributed by atoms with Gasteiger partial charge in [0.05, 0.1) is 13.2 Å². The molecule has 0 bridgehead atoms. The minimum atomic E-state index is -0.249. The molecular weight excluding hydrogens is 297 g/mol. The number of hydrogen-bond donors (Lipinski definition) is 1. The number of benzene rings is 1. The summed E-state index contributed by atoms with van der Waals surface area (Å²) in [4.78, 5) is 0. The molecule has 0 amide bonds. The molecule has 1 aliphatic rings. The van der Waals surface area contributed by atoms with E-state index in [0.717, 1.165) is 4.47 Å². The molecule has 2 rings (SSSR count). The predicted molar refractivity (Wildman–Crippen MR) is 72.6 cm³/mol.